The van der Waals surface area contributed by atoms with Gasteiger partial charge in [0.15, 0.2) is 11.6 Å². The zero-order valence-electron chi connectivity index (χ0n) is 16.4. The summed E-state index contributed by atoms with van der Waals surface area (Å²) in [5.41, 5.74) is 1.75. The molecule has 1 N–H and O–H groups in total. The van der Waals surface area contributed by atoms with Crippen LogP contribution >= 0.6 is 0 Å². The summed E-state index contributed by atoms with van der Waals surface area (Å²) in [6.45, 7) is 0.891. The molecule has 0 unspecified atom stereocenters. The molecule has 4 rings (SSSR count). The highest BCUT2D eigenvalue weighted by atomic mass is 19.1. The topological polar surface area (TPSA) is 49.8 Å². The maximum absolute atomic E-state index is 15.0. The Morgan fingerprint density at radius 1 is 1.10 bits per heavy atom. The second kappa shape index (κ2) is 8.78. The third-order valence-corrected chi connectivity index (χ3v) is 5.93. The van der Waals surface area contributed by atoms with Crippen LogP contribution in [0.4, 0.5) is 4.39 Å². The largest absolute Gasteiger partial charge is 0.486 e. The second-order valence-electron chi connectivity index (χ2n) is 7.92. The van der Waals surface area contributed by atoms with Gasteiger partial charge in [-0.2, -0.15) is 0 Å². The average Bonchev–Trinajstić information content (AvgIpc) is 3.09. The van der Waals surface area contributed by atoms with E-state index in [0.29, 0.717) is 23.9 Å². The highest BCUT2D eigenvalue weighted by Crippen LogP contribution is 2.33. The lowest BCUT2D eigenvalue weighted by Crippen LogP contribution is -2.19. The van der Waals surface area contributed by atoms with Crippen molar-refractivity contribution < 1.29 is 19.0 Å². The van der Waals surface area contributed by atoms with Gasteiger partial charge in [-0.1, -0.05) is 42.5 Å². The summed E-state index contributed by atoms with van der Waals surface area (Å²) in [6, 6.07) is 12.9. The van der Waals surface area contributed by atoms with Crippen LogP contribution in [0.3, 0.4) is 0 Å². The Balaban J connectivity index is 1.41. The molecule has 1 heterocycles. The molecule has 0 bridgehead atoms. The van der Waals surface area contributed by atoms with E-state index in [9.17, 15) is 14.3 Å². The van der Waals surface area contributed by atoms with Crippen LogP contribution in [0.15, 0.2) is 54.7 Å². The number of aliphatic hydroxyl groups excluding tert-OH is 1. The van der Waals surface area contributed by atoms with Crippen molar-refractivity contribution in [3.8, 4) is 5.75 Å². The molecule has 1 aliphatic carbocycles. The Morgan fingerprint density at radius 2 is 1.86 bits per heavy atom. The van der Waals surface area contributed by atoms with Crippen molar-refractivity contribution in [1.82, 2.24) is 4.90 Å². The third-order valence-electron chi connectivity index (χ3n) is 5.93. The van der Waals surface area contributed by atoms with Gasteiger partial charge in [0.05, 0.1) is 12.1 Å². The van der Waals surface area contributed by atoms with Crippen LogP contribution in [0, 0.1) is 17.7 Å². The third kappa shape index (κ3) is 4.35. The summed E-state index contributed by atoms with van der Waals surface area (Å²) in [7, 11) is 0. The SMILES string of the molecule is O=C1c2c(ccc(OCc3ccccc3)c2F)CN1C=CC1CCC(CO)CC1. The number of hydrogen-bond acceptors (Lipinski definition) is 3. The number of amides is 1. The Kier molecular flexibility index (Phi) is 5.95. The van der Waals surface area contributed by atoms with Crippen LogP contribution in [0.1, 0.15) is 47.2 Å². The molecule has 2 aromatic rings. The van der Waals surface area contributed by atoms with Crippen molar-refractivity contribution >= 4 is 5.91 Å². The van der Waals surface area contributed by atoms with Gasteiger partial charge in [0, 0.05) is 12.8 Å². The first-order valence-corrected chi connectivity index (χ1v) is 10.2. The van der Waals surface area contributed by atoms with Crippen LogP contribution < -0.4 is 4.74 Å². The molecule has 152 valence electrons. The van der Waals surface area contributed by atoms with Crippen molar-refractivity contribution in [1.29, 1.82) is 0 Å². The second-order valence-corrected chi connectivity index (χ2v) is 7.92. The molecule has 5 heteroatoms. The normalized spacial score (nSPS) is 21.6. The molecular formula is C24H26FNO3. The lowest BCUT2D eigenvalue weighted by Gasteiger charge is -2.25. The van der Waals surface area contributed by atoms with Crippen molar-refractivity contribution in [2.45, 2.75) is 38.8 Å². The van der Waals surface area contributed by atoms with Gasteiger partial charge in [0.2, 0.25) is 0 Å². The number of hydrogen-bond donors (Lipinski definition) is 1. The maximum atomic E-state index is 15.0. The van der Waals surface area contributed by atoms with Gasteiger partial charge in [-0.05, 0) is 54.7 Å². The molecule has 1 fully saturated rings. The van der Waals surface area contributed by atoms with Crippen molar-refractivity contribution in [3.05, 3.63) is 77.2 Å². The summed E-state index contributed by atoms with van der Waals surface area (Å²) in [4.78, 5) is 14.3. The van der Waals surface area contributed by atoms with E-state index < -0.39 is 5.82 Å². The van der Waals surface area contributed by atoms with Gasteiger partial charge in [0.1, 0.15) is 6.61 Å². The first-order valence-electron chi connectivity index (χ1n) is 10.2. The number of fused-ring (bicyclic) bond motifs is 1. The van der Waals surface area contributed by atoms with Crippen LogP contribution in [-0.4, -0.2) is 22.5 Å². The van der Waals surface area contributed by atoms with E-state index in [1.807, 2.05) is 30.3 Å². The Bertz CT molecular complexity index is 888. The summed E-state index contributed by atoms with van der Waals surface area (Å²) in [6.07, 6.45) is 7.91. The minimum absolute atomic E-state index is 0.106. The Morgan fingerprint density at radius 3 is 2.59 bits per heavy atom. The van der Waals surface area contributed by atoms with Crippen LogP contribution in [0.25, 0.3) is 0 Å². The molecule has 0 spiro atoms. The fourth-order valence-electron chi connectivity index (χ4n) is 4.11. The summed E-state index contributed by atoms with van der Waals surface area (Å²) in [5, 5.41) is 9.25. The number of allylic oxidation sites excluding steroid dienone is 1. The molecule has 2 aromatic carbocycles. The van der Waals surface area contributed by atoms with Gasteiger partial charge in [-0.25, -0.2) is 4.39 Å². The standard InChI is InChI=1S/C24H26FNO3/c25-23-21(29-16-19-4-2-1-3-5-19)11-10-20-14-26(24(28)22(20)23)13-12-17-6-8-18(15-27)9-7-17/h1-5,10-13,17-18,27H,6-9,14-16H2. The molecule has 1 saturated carbocycles. The molecule has 0 radical (unpaired) electrons. The molecule has 4 nitrogen and oxygen atoms in total. The van der Waals surface area contributed by atoms with E-state index in [4.69, 9.17) is 4.74 Å². The van der Waals surface area contributed by atoms with E-state index >= 15 is 0 Å². The summed E-state index contributed by atoms with van der Waals surface area (Å²) >= 11 is 0. The van der Waals surface area contributed by atoms with E-state index in [2.05, 4.69) is 6.08 Å². The van der Waals surface area contributed by atoms with Crippen LogP contribution in [0.5, 0.6) is 5.75 Å². The number of carbonyl (C=O) groups excluding carboxylic acids is 1. The molecule has 0 aromatic heterocycles. The number of nitrogens with zero attached hydrogens (tertiary/aromatic N) is 1. The Labute approximate surface area is 170 Å². The number of ether oxygens (including phenoxy) is 1. The minimum Gasteiger partial charge on any atom is -0.486 e. The van der Waals surface area contributed by atoms with Crippen LogP contribution in [0.2, 0.25) is 0 Å². The van der Waals surface area contributed by atoms with Crippen LogP contribution in [-0.2, 0) is 13.2 Å². The first kappa shape index (κ1) is 19.6. The zero-order chi connectivity index (χ0) is 20.2. The van der Waals surface area contributed by atoms with Gasteiger partial charge in [0.25, 0.3) is 5.91 Å². The van der Waals surface area contributed by atoms with Gasteiger partial charge < -0.3 is 14.7 Å². The van der Waals surface area contributed by atoms with Gasteiger partial charge in [-0.3, -0.25) is 4.79 Å². The lowest BCUT2D eigenvalue weighted by molar-refractivity contribution is 0.0837. The predicted molar refractivity (Wildman–Crippen MR) is 109 cm³/mol. The van der Waals surface area contributed by atoms with E-state index in [1.165, 1.54) is 0 Å². The van der Waals surface area contributed by atoms with E-state index in [0.717, 1.165) is 31.2 Å². The lowest BCUT2D eigenvalue weighted by atomic mass is 9.82. The molecular weight excluding hydrogens is 369 g/mol. The maximum Gasteiger partial charge on any atom is 0.261 e. The van der Waals surface area contributed by atoms with E-state index in [-0.39, 0.29) is 30.4 Å². The van der Waals surface area contributed by atoms with Crippen molar-refractivity contribution in [3.63, 3.8) is 0 Å². The molecule has 29 heavy (non-hydrogen) atoms. The van der Waals surface area contributed by atoms with E-state index in [1.54, 1.807) is 23.2 Å². The predicted octanol–water partition coefficient (Wildman–Crippen LogP) is 4.67. The minimum atomic E-state index is -0.581. The first-order chi connectivity index (χ1) is 14.2. The zero-order valence-corrected chi connectivity index (χ0v) is 16.4. The molecule has 1 aliphatic heterocycles. The van der Waals surface area contributed by atoms with Gasteiger partial charge in [-0.15, -0.1) is 0 Å². The van der Waals surface area contributed by atoms with Crippen molar-refractivity contribution in [2.75, 3.05) is 6.61 Å². The Hall–Kier alpha value is -2.66. The molecule has 2 aliphatic rings. The number of benzene rings is 2. The number of rotatable bonds is 6. The fraction of sp³-hybridized carbons (Fsp3) is 0.375. The molecule has 1 amide bonds. The van der Waals surface area contributed by atoms with Gasteiger partial charge >= 0.3 is 0 Å². The van der Waals surface area contributed by atoms with Crippen molar-refractivity contribution in [2.24, 2.45) is 11.8 Å². The quantitative estimate of drug-likeness (QED) is 0.773. The monoisotopic (exact) mass is 395 g/mol. The molecule has 0 saturated heterocycles. The number of halogens is 1. The summed E-state index contributed by atoms with van der Waals surface area (Å²) < 4.78 is 20.6. The highest BCUT2D eigenvalue weighted by Gasteiger charge is 2.31. The average molecular weight is 395 g/mol. The fourth-order valence-corrected chi connectivity index (χ4v) is 4.11. The smallest absolute Gasteiger partial charge is 0.261 e. The summed E-state index contributed by atoms with van der Waals surface area (Å²) in [5.74, 6) is 0.0181. The highest BCUT2D eigenvalue weighted by molar-refractivity contribution is 5.99. The number of aliphatic hydroxyl groups is 1. The number of carbonyl (C=O) groups is 1. The molecule has 0 atom stereocenters.